The first-order chi connectivity index (χ1) is 9.38. The van der Waals surface area contributed by atoms with Crippen LogP contribution in [-0.4, -0.2) is 35.2 Å². The van der Waals surface area contributed by atoms with E-state index in [1.165, 1.54) is 6.92 Å². The Bertz CT molecular complexity index is 392. The average Bonchev–Trinajstić information content (AvgIpc) is 2.39. The van der Waals surface area contributed by atoms with Crippen molar-refractivity contribution in [3.8, 4) is 0 Å². The Labute approximate surface area is 117 Å². The molecule has 1 rings (SSSR count). The highest BCUT2D eigenvalue weighted by molar-refractivity contribution is 5.91. The van der Waals surface area contributed by atoms with Crippen LogP contribution in [0.1, 0.15) is 39.5 Å². The maximum atomic E-state index is 11.7. The van der Waals surface area contributed by atoms with Gasteiger partial charge in [-0.1, -0.05) is 6.92 Å². The van der Waals surface area contributed by atoms with Crippen LogP contribution in [0.2, 0.25) is 0 Å². The van der Waals surface area contributed by atoms with E-state index in [1.807, 2.05) is 0 Å². The predicted octanol–water partition coefficient (Wildman–Crippen LogP) is 1.68. The average molecular weight is 284 g/mol. The predicted molar refractivity (Wildman–Crippen MR) is 69.8 cm³/mol. The first-order valence-electron chi connectivity index (χ1n) is 6.70. The highest BCUT2D eigenvalue weighted by Gasteiger charge is 2.25. The van der Waals surface area contributed by atoms with Crippen LogP contribution < -0.4 is 0 Å². The minimum absolute atomic E-state index is 0.116. The van der Waals surface area contributed by atoms with Gasteiger partial charge in [0.15, 0.2) is 6.10 Å². The Balaban J connectivity index is 2.35. The van der Waals surface area contributed by atoms with Crippen molar-refractivity contribution in [2.75, 3.05) is 0 Å². The second kappa shape index (κ2) is 7.67. The smallest absolute Gasteiger partial charge is 0.347 e. The van der Waals surface area contributed by atoms with Gasteiger partial charge >= 0.3 is 17.9 Å². The number of aliphatic carboxylic acids is 1. The first kappa shape index (κ1) is 16.2. The summed E-state index contributed by atoms with van der Waals surface area (Å²) in [5.74, 6) is -2.08. The van der Waals surface area contributed by atoms with E-state index in [0.29, 0.717) is 12.0 Å². The highest BCUT2D eigenvalue weighted by Crippen LogP contribution is 2.25. The van der Waals surface area contributed by atoms with Gasteiger partial charge in [0.1, 0.15) is 6.10 Å². The van der Waals surface area contributed by atoms with Crippen LogP contribution >= 0.6 is 0 Å². The van der Waals surface area contributed by atoms with Gasteiger partial charge in [0.25, 0.3) is 0 Å². The van der Waals surface area contributed by atoms with Crippen LogP contribution in [-0.2, 0) is 23.9 Å². The van der Waals surface area contributed by atoms with Gasteiger partial charge in [0.2, 0.25) is 0 Å². The van der Waals surface area contributed by atoms with Crippen molar-refractivity contribution in [2.45, 2.75) is 51.7 Å². The van der Waals surface area contributed by atoms with Crippen molar-refractivity contribution in [1.29, 1.82) is 0 Å². The highest BCUT2D eigenvalue weighted by atomic mass is 16.6. The van der Waals surface area contributed by atoms with Crippen molar-refractivity contribution in [2.24, 2.45) is 5.92 Å². The van der Waals surface area contributed by atoms with E-state index in [-0.39, 0.29) is 6.10 Å². The number of ether oxygens (including phenoxy) is 2. The summed E-state index contributed by atoms with van der Waals surface area (Å²) < 4.78 is 10.0. The van der Waals surface area contributed by atoms with Gasteiger partial charge < -0.3 is 14.6 Å². The molecular formula is C14H20O6. The molecule has 0 spiro atoms. The number of carboxylic acid groups (broad SMARTS) is 1. The van der Waals surface area contributed by atoms with Crippen molar-refractivity contribution in [3.63, 3.8) is 0 Å². The third-order valence-electron chi connectivity index (χ3n) is 3.23. The fraction of sp³-hybridized carbons (Fsp3) is 0.643. The van der Waals surface area contributed by atoms with E-state index in [2.05, 4.69) is 6.92 Å². The summed E-state index contributed by atoms with van der Waals surface area (Å²) in [4.78, 5) is 33.2. The molecule has 1 fully saturated rings. The van der Waals surface area contributed by atoms with Crippen molar-refractivity contribution in [1.82, 2.24) is 0 Å². The molecule has 20 heavy (non-hydrogen) atoms. The van der Waals surface area contributed by atoms with Gasteiger partial charge in [-0.2, -0.15) is 0 Å². The Kier molecular flexibility index (Phi) is 6.21. The molecule has 1 aliphatic carbocycles. The maximum absolute atomic E-state index is 11.7. The molecule has 1 aliphatic rings. The van der Waals surface area contributed by atoms with Gasteiger partial charge in [-0.25, -0.2) is 14.4 Å². The molecule has 0 aliphatic heterocycles. The number of carboxylic acids is 1. The fourth-order valence-corrected chi connectivity index (χ4v) is 2.01. The van der Waals surface area contributed by atoms with Gasteiger partial charge in [0.05, 0.1) is 0 Å². The number of hydrogen-bond donors (Lipinski definition) is 1. The van der Waals surface area contributed by atoms with Gasteiger partial charge in [-0.3, -0.25) is 0 Å². The molecule has 0 saturated heterocycles. The van der Waals surface area contributed by atoms with Crippen molar-refractivity contribution in [3.05, 3.63) is 12.2 Å². The Morgan fingerprint density at radius 3 is 2.30 bits per heavy atom. The second-order valence-corrected chi connectivity index (χ2v) is 5.07. The normalized spacial score (nSPS) is 24.1. The molecule has 0 radical (unpaired) electrons. The van der Waals surface area contributed by atoms with E-state index in [1.54, 1.807) is 0 Å². The van der Waals surface area contributed by atoms with Gasteiger partial charge in [0, 0.05) is 12.2 Å². The van der Waals surface area contributed by atoms with Crippen LogP contribution in [0.25, 0.3) is 0 Å². The minimum atomic E-state index is -1.26. The lowest BCUT2D eigenvalue weighted by Crippen LogP contribution is -2.31. The molecule has 1 saturated carbocycles. The molecule has 1 atom stereocenters. The Hall–Kier alpha value is -1.85. The Morgan fingerprint density at radius 2 is 1.75 bits per heavy atom. The molecule has 0 aromatic rings. The molecule has 0 aromatic carbocycles. The lowest BCUT2D eigenvalue weighted by molar-refractivity contribution is -0.169. The zero-order chi connectivity index (χ0) is 15.1. The standard InChI is InChI=1S/C14H20O6/c1-9-3-5-11(6-4-9)20-14(18)10(2)19-13(17)8-7-12(15)16/h7-11H,3-6H2,1-2H3,(H,15,16)/b8-7+. The van der Waals surface area contributed by atoms with E-state index >= 15 is 0 Å². The summed E-state index contributed by atoms with van der Waals surface area (Å²) in [7, 11) is 0. The number of carbonyl (C=O) groups excluding carboxylic acids is 2. The molecule has 6 nitrogen and oxygen atoms in total. The molecule has 1 N–H and O–H groups in total. The number of esters is 2. The third-order valence-corrected chi connectivity index (χ3v) is 3.23. The minimum Gasteiger partial charge on any atom is -0.478 e. The number of carbonyl (C=O) groups is 3. The fourth-order valence-electron chi connectivity index (χ4n) is 2.01. The largest absolute Gasteiger partial charge is 0.478 e. The molecule has 0 heterocycles. The lowest BCUT2D eigenvalue weighted by atomic mass is 9.89. The summed E-state index contributed by atoms with van der Waals surface area (Å²) in [6, 6.07) is 0. The van der Waals surface area contributed by atoms with Gasteiger partial charge in [-0.05, 0) is 38.5 Å². The third kappa shape index (κ3) is 5.86. The van der Waals surface area contributed by atoms with Crippen molar-refractivity contribution >= 4 is 17.9 Å². The summed E-state index contributed by atoms with van der Waals surface area (Å²) in [5.41, 5.74) is 0. The lowest BCUT2D eigenvalue weighted by Gasteiger charge is -2.26. The molecule has 112 valence electrons. The summed E-state index contributed by atoms with van der Waals surface area (Å²) in [6.45, 7) is 3.57. The Morgan fingerprint density at radius 1 is 1.15 bits per heavy atom. The molecule has 0 aromatic heterocycles. The summed E-state index contributed by atoms with van der Waals surface area (Å²) in [6.07, 6.45) is 3.95. The number of rotatable bonds is 5. The maximum Gasteiger partial charge on any atom is 0.347 e. The van der Waals surface area contributed by atoms with E-state index < -0.39 is 24.0 Å². The van der Waals surface area contributed by atoms with E-state index in [0.717, 1.165) is 31.8 Å². The van der Waals surface area contributed by atoms with Crippen LogP contribution in [0.4, 0.5) is 0 Å². The number of hydrogen-bond acceptors (Lipinski definition) is 5. The summed E-state index contributed by atoms with van der Waals surface area (Å²) in [5, 5.41) is 8.36. The zero-order valence-corrected chi connectivity index (χ0v) is 11.7. The van der Waals surface area contributed by atoms with Crippen LogP contribution in [0.3, 0.4) is 0 Å². The first-order valence-corrected chi connectivity index (χ1v) is 6.70. The van der Waals surface area contributed by atoms with E-state index in [4.69, 9.17) is 14.6 Å². The van der Waals surface area contributed by atoms with E-state index in [9.17, 15) is 14.4 Å². The van der Waals surface area contributed by atoms with Crippen LogP contribution in [0.15, 0.2) is 12.2 Å². The topological polar surface area (TPSA) is 89.9 Å². The molecule has 6 heteroatoms. The SMILES string of the molecule is CC1CCC(OC(=O)C(C)OC(=O)/C=C/C(=O)O)CC1. The monoisotopic (exact) mass is 284 g/mol. The van der Waals surface area contributed by atoms with Gasteiger partial charge in [-0.15, -0.1) is 0 Å². The molecule has 0 amide bonds. The quantitative estimate of drug-likeness (QED) is 0.610. The van der Waals surface area contributed by atoms with Crippen molar-refractivity contribution < 1.29 is 29.0 Å². The molecule has 1 unspecified atom stereocenters. The molecular weight excluding hydrogens is 264 g/mol. The summed E-state index contributed by atoms with van der Waals surface area (Å²) >= 11 is 0. The van der Waals surface area contributed by atoms with Crippen LogP contribution in [0, 0.1) is 5.92 Å². The van der Waals surface area contributed by atoms with Crippen LogP contribution in [0.5, 0.6) is 0 Å². The second-order valence-electron chi connectivity index (χ2n) is 5.07. The zero-order valence-electron chi connectivity index (χ0n) is 11.7. The molecule has 0 bridgehead atoms.